The van der Waals surface area contributed by atoms with E-state index in [9.17, 15) is 19.3 Å². The molecule has 2 aromatic carbocycles. The standard InChI is InChI=1S/C22H24FN5O4S/c1-14(2)12-27-21(15(3)32-19-10-5-4-9-18(19)23)25-26-22(27)33-13-20(29)24-16-7-6-8-17(11-16)28(30)31/h4-11,14-15H,12-13H2,1-3H3,(H,24,29). The Hall–Kier alpha value is -3.47. The zero-order chi connectivity index (χ0) is 24.0. The van der Waals surface area contributed by atoms with E-state index >= 15 is 0 Å². The van der Waals surface area contributed by atoms with Gasteiger partial charge in [-0.25, -0.2) is 4.39 Å². The lowest BCUT2D eigenvalue weighted by molar-refractivity contribution is -0.384. The molecule has 3 aromatic rings. The minimum Gasteiger partial charge on any atom is -0.480 e. The average molecular weight is 474 g/mol. The summed E-state index contributed by atoms with van der Waals surface area (Å²) in [4.78, 5) is 22.8. The number of benzene rings is 2. The number of hydrogen-bond acceptors (Lipinski definition) is 7. The summed E-state index contributed by atoms with van der Waals surface area (Å²) < 4.78 is 21.6. The molecule has 1 unspecified atom stereocenters. The first-order valence-corrected chi connectivity index (χ1v) is 11.2. The molecule has 0 aliphatic rings. The molecule has 1 heterocycles. The Labute approximate surface area is 194 Å². The van der Waals surface area contributed by atoms with Gasteiger partial charge in [0.05, 0.1) is 10.7 Å². The van der Waals surface area contributed by atoms with E-state index in [1.807, 2.05) is 18.4 Å². The lowest BCUT2D eigenvalue weighted by atomic mass is 10.2. The third-order valence-electron chi connectivity index (χ3n) is 4.47. The Morgan fingerprint density at radius 2 is 1.97 bits per heavy atom. The maximum Gasteiger partial charge on any atom is 0.271 e. The van der Waals surface area contributed by atoms with E-state index in [4.69, 9.17) is 4.74 Å². The number of ether oxygens (including phenoxy) is 1. The molecule has 174 valence electrons. The Morgan fingerprint density at radius 3 is 2.67 bits per heavy atom. The molecule has 0 saturated carbocycles. The number of halogens is 1. The van der Waals surface area contributed by atoms with E-state index in [1.165, 1.54) is 36.0 Å². The van der Waals surface area contributed by atoms with Crippen LogP contribution in [0.2, 0.25) is 0 Å². The number of hydrogen-bond donors (Lipinski definition) is 1. The van der Waals surface area contributed by atoms with Gasteiger partial charge in [0.15, 0.2) is 28.7 Å². The van der Waals surface area contributed by atoms with Crippen LogP contribution in [0, 0.1) is 21.8 Å². The first-order chi connectivity index (χ1) is 15.7. The van der Waals surface area contributed by atoms with Crippen LogP contribution in [0.15, 0.2) is 53.7 Å². The second kappa shape index (κ2) is 10.9. The minimum absolute atomic E-state index is 0.0292. The predicted molar refractivity (Wildman–Crippen MR) is 123 cm³/mol. The Morgan fingerprint density at radius 1 is 1.21 bits per heavy atom. The van der Waals surface area contributed by atoms with Crippen molar-refractivity contribution in [3.63, 3.8) is 0 Å². The van der Waals surface area contributed by atoms with Gasteiger partial charge < -0.3 is 14.6 Å². The van der Waals surface area contributed by atoms with Gasteiger partial charge in [-0.1, -0.05) is 43.8 Å². The number of aromatic nitrogens is 3. The number of nitrogens with zero attached hydrogens (tertiary/aromatic N) is 4. The van der Waals surface area contributed by atoms with Gasteiger partial charge in [0, 0.05) is 24.4 Å². The van der Waals surface area contributed by atoms with Gasteiger partial charge in [-0.05, 0) is 31.0 Å². The molecular formula is C22H24FN5O4S. The summed E-state index contributed by atoms with van der Waals surface area (Å²) in [5, 5.41) is 22.5. The molecule has 33 heavy (non-hydrogen) atoms. The van der Waals surface area contributed by atoms with Crippen LogP contribution in [0.5, 0.6) is 5.75 Å². The largest absolute Gasteiger partial charge is 0.480 e. The molecule has 3 rings (SSSR count). The summed E-state index contributed by atoms with van der Waals surface area (Å²) in [5.41, 5.74) is 0.233. The molecule has 0 aliphatic heterocycles. The highest BCUT2D eigenvalue weighted by Crippen LogP contribution is 2.27. The zero-order valence-corrected chi connectivity index (χ0v) is 19.2. The lowest BCUT2D eigenvalue weighted by Gasteiger charge is -2.18. The van der Waals surface area contributed by atoms with Gasteiger partial charge in [0.1, 0.15) is 0 Å². The molecule has 11 heteroatoms. The van der Waals surface area contributed by atoms with Crippen molar-refractivity contribution in [3.05, 3.63) is 70.3 Å². The number of para-hydroxylation sites is 1. The normalized spacial score (nSPS) is 11.9. The fraction of sp³-hybridized carbons (Fsp3) is 0.318. The summed E-state index contributed by atoms with van der Waals surface area (Å²) in [6, 6.07) is 11.9. The van der Waals surface area contributed by atoms with E-state index in [2.05, 4.69) is 15.5 Å². The SMILES string of the molecule is CC(C)Cn1c(SCC(=O)Nc2cccc([N+](=O)[O-])c2)nnc1C(C)Oc1ccccc1F. The molecule has 1 atom stereocenters. The third-order valence-corrected chi connectivity index (χ3v) is 5.44. The number of carbonyl (C=O) groups is 1. The fourth-order valence-corrected chi connectivity index (χ4v) is 3.81. The van der Waals surface area contributed by atoms with Gasteiger partial charge in [-0.15, -0.1) is 10.2 Å². The number of nitrogens with one attached hydrogen (secondary N) is 1. The van der Waals surface area contributed by atoms with Crippen LogP contribution in [-0.4, -0.2) is 31.3 Å². The van der Waals surface area contributed by atoms with Crippen molar-refractivity contribution in [1.29, 1.82) is 0 Å². The topological polar surface area (TPSA) is 112 Å². The zero-order valence-electron chi connectivity index (χ0n) is 18.4. The number of anilines is 1. The summed E-state index contributed by atoms with van der Waals surface area (Å²) >= 11 is 1.19. The highest BCUT2D eigenvalue weighted by Gasteiger charge is 2.22. The predicted octanol–water partition coefficient (Wildman–Crippen LogP) is 4.85. The van der Waals surface area contributed by atoms with Gasteiger partial charge >= 0.3 is 0 Å². The molecule has 0 spiro atoms. The molecular weight excluding hydrogens is 449 g/mol. The Kier molecular flexibility index (Phi) is 7.99. The summed E-state index contributed by atoms with van der Waals surface area (Å²) in [6.45, 7) is 6.42. The summed E-state index contributed by atoms with van der Waals surface area (Å²) in [6.07, 6.45) is -0.568. The molecule has 0 fully saturated rings. The van der Waals surface area contributed by atoms with Crippen molar-refractivity contribution < 1.29 is 18.8 Å². The van der Waals surface area contributed by atoms with Crippen molar-refractivity contribution in [2.24, 2.45) is 5.92 Å². The van der Waals surface area contributed by atoms with Gasteiger partial charge in [0.2, 0.25) is 5.91 Å². The quantitative estimate of drug-likeness (QED) is 0.254. The molecule has 0 bridgehead atoms. The van der Waals surface area contributed by atoms with Crippen LogP contribution in [0.1, 0.15) is 32.7 Å². The Balaban J connectivity index is 1.70. The van der Waals surface area contributed by atoms with Crippen LogP contribution >= 0.6 is 11.8 Å². The molecule has 1 N–H and O–H groups in total. The molecule has 0 radical (unpaired) electrons. The second-order valence-corrected chi connectivity index (χ2v) is 8.62. The van der Waals surface area contributed by atoms with E-state index < -0.39 is 16.8 Å². The van der Waals surface area contributed by atoms with Gasteiger partial charge in [0.25, 0.3) is 5.69 Å². The van der Waals surface area contributed by atoms with Crippen molar-refractivity contribution in [1.82, 2.24) is 14.8 Å². The van der Waals surface area contributed by atoms with E-state index in [1.54, 1.807) is 31.2 Å². The van der Waals surface area contributed by atoms with Crippen molar-refractivity contribution in [2.45, 2.75) is 38.6 Å². The molecule has 1 aromatic heterocycles. The van der Waals surface area contributed by atoms with Crippen LogP contribution in [-0.2, 0) is 11.3 Å². The molecule has 1 amide bonds. The smallest absolute Gasteiger partial charge is 0.271 e. The van der Waals surface area contributed by atoms with Gasteiger partial charge in [-0.3, -0.25) is 14.9 Å². The Bertz CT molecular complexity index is 1140. The van der Waals surface area contributed by atoms with E-state index in [-0.39, 0.29) is 29.0 Å². The van der Waals surface area contributed by atoms with Crippen LogP contribution < -0.4 is 10.1 Å². The first-order valence-electron chi connectivity index (χ1n) is 10.3. The summed E-state index contributed by atoms with van der Waals surface area (Å²) in [7, 11) is 0. The maximum atomic E-state index is 14.0. The van der Waals surface area contributed by atoms with Gasteiger partial charge in [-0.2, -0.15) is 0 Å². The van der Waals surface area contributed by atoms with Crippen molar-refractivity contribution >= 4 is 29.0 Å². The van der Waals surface area contributed by atoms with Crippen LogP contribution in [0.25, 0.3) is 0 Å². The first kappa shape index (κ1) is 24.2. The van der Waals surface area contributed by atoms with E-state index in [0.717, 1.165) is 0 Å². The molecule has 0 aliphatic carbocycles. The van der Waals surface area contributed by atoms with Crippen molar-refractivity contribution in [3.8, 4) is 5.75 Å². The lowest BCUT2D eigenvalue weighted by Crippen LogP contribution is -2.17. The fourth-order valence-electron chi connectivity index (χ4n) is 3.05. The van der Waals surface area contributed by atoms with Crippen LogP contribution in [0.4, 0.5) is 15.8 Å². The highest BCUT2D eigenvalue weighted by atomic mass is 32.2. The summed E-state index contributed by atoms with van der Waals surface area (Å²) in [5.74, 6) is 0.131. The highest BCUT2D eigenvalue weighted by molar-refractivity contribution is 7.99. The number of nitro benzene ring substituents is 1. The number of rotatable bonds is 10. The number of thioether (sulfide) groups is 1. The number of nitro groups is 1. The van der Waals surface area contributed by atoms with E-state index in [0.29, 0.717) is 23.2 Å². The molecule has 0 saturated heterocycles. The molecule has 9 nitrogen and oxygen atoms in total. The van der Waals surface area contributed by atoms with Crippen LogP contribution in [0.3, 0.4) is 0 Å². The number of amides is 1. The second-order valence-electron chi connectivity index (χ2n) is 7.68. The number of non-ortho nitro benzene ring substituents is 1. The number of carbonyl (C=O) groups excluding carboxylic acids is 1. The minimum atomic E-state index is -0.568. The average Bonchev–Trinajstić information content (AvgIpc) is 3.16. The monoisotopic (exact) mass is 473 g/mol. The van der Waals surface area contributed by atoms with Crippen molar-refractivity contribution in [2.75, 3.05) is 11.1 Å². The maximum absolute atomic E-state index is 14.0. The third kappa shape index (κ3) is 6.51.